The first kappa shape index (κ1) is 13.4. The molecule has 0 aromatic heterocycles. The lowest BCUT2D eigenvalue weighted by atomic mass is 10.2. The quantitative estimate of drug-likeness (QED) is 0.864. The molecule has 19 heavy (non-hydrogen) atoms. The van der Waals surface area contributed by atoms with Crippen LogP contribution in [0.25, 0.3) is 0 Å². The molecule has 0 aliphatic carbocycles. The first-order valence-electron chi connectivity index (χ1n) is 5.78. The zero-order valence-electron chi connectivity index (χ0n) is 10.4. The molecule has 4 heteroatoms. The van der Waals surface area contributed by atoms with Gasteiger partial charge in [0.2, 0.25) is 5.91 Å². The predicted molar refractivity (Wildman–Crippen MR) is 76.7 cm³/mol. The van der Waals surface area contributed by atoms with Crippen LogP contribution in [-0.4, -0.2) is 12.2 Å². The van der Waals surface area contributed by atoms with E-state index in [1.165, 1.54) is 6.92 Å². The van der Waals surface area contributed by atoms with Crippen LogP contribution in [0.15, 0.2) is 58.3 Å². The van der Waals surface area contributed by atoms with E-state index in [2.05, 4.69) is 5.32 Å². The van der Waals surface area contributed by atoms with Crippen molar-refractivity contribution in [2.24, 2.45) is 0 Å². The Morgan fingerprint density at radius 3 is 2.00 bits per heavy atom. The van der Waals surface area contributed by atoms with Crippen molar-refractivity contribution in [1.29, 1.82) is 0 Å². The Morgan fingerprint density at radius 2 is 1.53 bits per heavy atom. The van der Waals surface area contributed by atoms with Crippen molar-refractivity contribution >= 4 is 29.6 Å². The Balaban J connectivity index is 2.05. The first-order valence-corrected chi connectivity index (χ1v) is 6.60. The summed E-state index contributed by atoms with van der Waals surface area (Å²) in [7, 11) is 0. The average Bonchev–Trinajstić information content (AvgIpc) is 2.41. The molecule has 0 atom stereocenters. The van der Waals surface area contributed by atoms with Crippen LogP contribution in [0.4, 0.5) is 5.69 Å². The van der Waals surface area contributed by atoms with Gasteiger partial charge in [0.15, 0.2) is 0 Å². The molecule has 0 saturated heterocycles. The number of hydrogen-bond acceptors (Lipinski definition) is 3. The number of rotatable bonds is 4. The average molecular weight is 271 g/mol. The number of amides is 1. The molecule has 1 amide bonds. The molecule has 1 N–H and O–H groups in total. The molecule has 0 aliphatic heterocycles. The van der Waals surface area contributed by atoms with E-state index in [1.54, 1.807) is 23.9 Å². The van der Waals surface area contributed by atoms with E-state index in [1.807, 2.05) is 36.4 Å². The van der Waals surface area contributed by atoms with E-state index in [9.17, 15) is 9.59 Å². The fraction of sp³-hybridized carbons (Fsp3) is 0.0667. The summed E-state index contributed by atoms with van der Waals surface area (Å²) >= 11 is 1.61. The molecule has 0 bridgehead atoms. The Labute approximate surface area is 116 Å². The van der Waals surface area contributed by atoms with Gasteiger partial charge in [0.05, 0.1) is 0 Å². The summed E-state index contributed by atoms with van der Waals surface area (Å²) in [4.78, 5) is 23.6. The molecule has 0 saturated carbocycles. The summed E-state index contributed by atoms with van der Waals surface area (Å²) in [6.07, 6.45) is 0.830. The van der Waals surface area contributed by atoms with Gasteiger partial charge in [0, 0.05) is 28.0 Å². The van der Waals surface area contributed by atoms with Crippen LogP contribution >= 0.6 is 11.8 Å². The second-order valence-electron chi connectivity index (χ2n) is 3.99. The van der Waals surface area contributed by atoms with Crippen molar-refractivity contribution in [1.82, 2.24) is 0 Å². The maximum atomic E-state index is 10.9. The van der Waals surface area contributed by atoms with Crippen molar-refractivity contribution in [2.75, 3.05) is 5.32 Å². The molecule has 3 nitrogen and oxygen atoms in total. The normalized spacial score (nSPS) is 9.95. The molecule has 0 spiro atoms. The summed E-state index contributed by atoms with van der Waals surface area (Å²) in [5.41, 5.74) is 1.46. The Kier molecular flexibility index (Phi) is 4.36. The van der Waals surface area contributed by atoms with Crippen molar-refractivity contribution < 1.29 is 9.59 Å². The minimum absolute atomic E-state index is 0.0788. The third kappa shape index (κ3) is 3.96. The fourth-order valence-electron chi connectivity index (χ4n) is 1.56. The van der Waals surface area contributed by atoms with E-state index in [-0.39, 0.29) is 5.91 Å². The van der Waals surface area contributed by atoms with E-state index in [4.69, 9.17) is 0 Å². The summed E-state index contributed by atoms with van der Waals surface area (Å²) in [5.74, 6) is -0.0788. The third-order valence-electron chi connectivity index (χ3n) is 2.43. The Bertz CT molecular complexity index is 576. The highest BCUT2D eigenvalue weighted by molar-refractivity contribution is 7.99. The van der Waals surface area contributed by atoms with Crippen molar-refractivity contribution in [3.63, 3.8) is 0 Å². The van der Waals surface area contributed by atoms with E-state index >= 15 is 0 Å². The predicted octanol–water partition coefficient (Wildman–Crippen LogP) is 3.61. The zero-order valence-corrected chi connectivity index (χ0v) is 11.2. The largest absolute Gasteiger partial charge is 0.326 e. The maximum absolute atomic E-state index is 10.9. The highest BCUT2D eigenvalue weighted by Crippen LogP contribution is 2.28. The molecule has 0 unspecified atom stereocenters. The van der Waals surface area contributed by atoms with Gasteiger partial charge in [-0.25, -0.2) is 0 Å². The first-order chi connectivity index (χ1) is 9.17. The van der Waals surface area contributed by atoms with Gasteiger partial charge in [-0.15, -0.1) is 0 Å². The molecular formula is C15H13NO2S. The second-order valence-corrected chi connectivity index (χ2v) is 5.14. The van der Waals surface area contributed by atoms with E-state index in [0.717, 1.165) is 21.8 Å². The lowest BCUT2D eigenvalue weighted by Gasteiger charge is -2.04. The molecule has 2 rings (SSSR count). The molecule has 2 aromatic rings. The number of anilines is 1. The van der Waals surface area contributed by atoms with Crippen LogP contribution in [-0.2, 0) is 4.79 Å². The lowest BCUT2D eigenvalue weighted by molar-refractivity contribution is -0.114. The van der Waals surface area contributed by atoms with Crippen LogP contribution < -0.4 is 5.32 Å². The fourth-order valence-corrected chi connectivity index (χ4v) is 2.38. The summed E-state index contributed by atoms with van der Waals surface area (Å²) in [5, 5.41) is 2.72. The number of benzene rings is 2. The van der Waals surface area contributed by atoms with Gasteiger partial charge in [0.1, 0.15) is 6.29 Å². The van der Waals surface area contributed by atoms with Gasteiger partial charge in [0.25, 0.3) is 0 Å². The van der Waals surface area contributed by atoms with E-state index < -0.39 is 0 Å². The zero-order chi connectivity index (χ0) is 13.7. The molecule has 0 radical (unpaired) electrons. The molecule has 0 aliphatic rings. The van der Waals surface area contributed by atoms with Crippen molar-refractivity contribution in [3.05, 3.63) is 54.1 Å². The van der Waals surface area contributed by atoms with Gasteiger partial charge in [-0.05, 0) is 36.4 Å². The standard InChI is InChI=1S/C15H13NO2S/c1-11(18)16-13-4-8-15(9-5-13)19-14-6-2-12(10-17)3-7-14/h2-10H,1H3,(H,16,18). The molecule has 2 aromatic carbocycles. The van der Waals surface area contributed by atoms with E-state index in [0.29, 0.717) is 5.56 Å². The minimum Gasteiger partial charge on any atom is -0.326 e. The lowest BCUT2D eigenvalue weighted by Crippen LogP contribution is -2.05. The summed E-state index contributed by atoms with van der Waals surface area (Å²) < 4.78 is 0. The van der Waals surface area contributed by atoms with Gasteiger partial charge in [-0.3, -0.25) is 9.59 Å². The van der Waals surface area contributed by atoms with Gasteiger partial charge < -0.3 is 5.32 Å². The minimum atomic E-state index is -0.0788. The third-order valence-corrected chi connectivity index (χ3v) is 3.44. The van der Waals surface area contributed by atoms with Crippen LogP contribution in [0.1, 0.15) is 17.3 Å². The van der Waals surface area contributed by atoms with Crippen LogP contribution in [0.5, 0.6) is 0 Å². The number of hydrogen-bond donors (Lipinski definition) is 1. The molecule has 0 fully saturated rings. The number of aldehydes is 1. The maximum Gasteiger partial charge on any atom is 0.221 e. The molecular weight excluding hydrogens is 258 g/mol. The smallest absolute Gasteiger partial charge is 0.221 e. The number of nitrogens with one attached hydrogen (secondary N) is 1. The SMILES string of the molecule is CC(=O)Nc1ccc(Sc2ccc(C=O)cc2)cc1. The van der Waals surface area contributed by atoms with Crippen molar-refractivity contribution in [2.45, 2.75) is 16.7 Å². The second kappa shape index (κ2) is 6.20. The Hall–Kier alpha value is -2.07. The monoisotopic (exact) mass is 271 g/mol. The van der Waals surface area contributed by atoms with Crippen LogP contribution in [0.2, 0.25) is 0 Å². The highest BCUT2D eigenvalue weighted by atomic mass is 32.2. The molecule has 96 valence electrons. The number of carbonyl (C=O) groups is 2. The highest BCUT2D eigenvalue weighted by Gasteiger charge is 1.99. The van der Waals surface area contributed by atoms with Crippen molar-refractivity contribution in [3.8, 4) is 0 Å². The summed E-state index contributed by atoms with van der Waals surface area (Å²) in [6.45, 7) is 1.48. The molecule has 0 heterocycles. The number of carbonyl (C=O) groups excluding carboxylic acids is 2. The van der Waals surface area contributed by atoms with Gasteiger partial charge in [-0.2, -0.15) is 0 Å². The topological polar surface area (TPSA) is 46.2 Å². The summed E-state index contributed by atoms with van der Waals surface area (Å²) in [6, 6.07) is 15.0. The Morgan fingerprint density at radius 1 is 1.00 bits per heavy atom. The van der Waals surface area contributed by atoms with Crippen LogP contribution in [0, 0.1) is 0 Å². The van der Waals surface area contributed by atoms with Gasteiger partial charge in [-0.1, -0.05) is 23.9 Å². The van der Waals surface area contributed by atoms with Gasteiger partial charge >= 0.3 is 0 Å². The van der Waals surface area contributed by atoms with Crippen LogP contribution in [0.3, 0.4) is 0 Å².